The summed E-state index contributed by atoms with van der Waals surface area (Å²) in [6.45, 7) is 4.09. The lowest BCUT2D eigenvalue weighted by atomic mass is 10.0. The molecule has 2 aromatic carbocycles. The first-order chi connectivity index (χ1) is 12.8. The molecule has 0 fully saturated rings. The number of pyridine rings is 1. The second-order valence-electron chi connectivity index (χ2n) is 6.37. The third-order valence-electron chi connectivity index (χ3n) is 4.01. The smallest absolute Gasteiger partial charge is 0.261 e. The van der Waals surface area contributed by atoms with Gasteiger partial charge in [0.05, 0.1) is 22.5 Å². The molecule has 2 N–H and O–H groups in total. The number of halogens is 1. The molecule has 1 aromatic heterocycles. The molecule has 7 heteroatoms. The predicted molar refractivity (Wildman–Crippen MR) is 105 cm³/mol. The molecule has 0 saturated carbocycles. The first kappa shape index (κ1) is 18.8. The van der Waals surface area contributed by atoms with E-state index in [1.54, 1.807) is 54.6 Å². The maximum absolute atomic E-state index is 13.7. The first-order valence-corrected chi connectivity index (χ1v) is 9.94. The molecule has 0 saturated heterocycles. The van der Waals surface area contributed by atoms with Crippen LogP contribution in [0.2, 0.25) is 0 Å². The molecular weight excluding hydrogens is 365 g/mol. The summed E-state index contributed by atoms with van der Waals surface area (Å²) in [6.07, 6.45) is 1.38. The van der Waals surface area contributed by atoms with Gasteiger partial charge in [0.2, 0.25) is 0 Å². The number of aromatic nitrogens is 1. The summed E-state index contributed by atoms with van der Waals surface area (Å²) in [6, 6.07) is 16.2. The molecule has 5 nitrogen and oxygen atoms in total. The Labute approximate surface area is 158 Å². The van der Waals surface area contributed by atoms with E-state index in [1.165, 1.54) is 12.3 Å². The largest absolute Gasteiger partial charge is 0.338 e. The van der Waals surface area contributed by atoms with E-state index in [2.05, 4.69) is 15.0 Å². The van der Waals surface area contributed by atoms with Crippen molar-refractivity contribution < 1.29 is 12.8 Å². The third-order valence-corrected chi connectivity index (χ3v) is 5.41. The van der Waals surface area contributed by atoms with Gasteiger partial charge in [-0.05, 0) is 47.9 Å². The number of nitrogens with one attached hydrogen (secondary N) is 2. The van der Waals surface area contributed by atoms with Gasteiger partial charge in [-0.2, -0.15) is 0 Å². The number of para-hydroxylation sites is 1. The van der Waals surface area contributed by atoms with Gasteiger partial charge in [0.1, 0.15) is 11.6 Å². The van der Waals surface area contributed by atoms with E-state index in [1.807, 2.05) is 13.8 Å². The molecule has 1 heterocycles. The van der Waals surface area contributed by atoms with Crippen molar-refractivity contribution in [2.45, 2.75) is 24.7 Å². The number of hydrogen-bond donors (Lipinski definition) is 2. The number of benzene rings is 2. The van der Waals surface area contributed by atoms with Gasteiger partial charge >= 0.3 is 0 Å². The fourth-order valence-corrected chi connectivity index (χ4v) is 3.52. The van der Waals surface area contributed by atoms with E-state index >= 15 is 0 Å². The van der Waals surface area contributed by atoms with Crippen molar-refractivity contribution in [1.29, 1.82) is 0 Å². The standard InChI is InChI=1S/C20H20FN3O2S/c1-14(2)15-7-10-17(11-8-15)27(25,26)24-16-9-12-20(22-13-16)23-19-6-4-3-5-18(19)21/h3-14,24H,1-2H3,(H,22,23). The van der Waals surface area contributed by atoms with Gasteiger partial charge in [0.25, 0.3) is 10.0 Å². The van der Waals surface area contributed by atoms with Crippen LogP contribution in [0.15, 0.2) is 71.8 Å². The molecule has 0 unspecified atom stereocenters. The van der Waals surface area contributed by atoms with Crippen LogP contribution in [0.25, 0.3) is 0 Å². The predicted octanol–water partition coefficient (Wildman–Crippen LogP) is 4.89. The Hall–Kier alpha value is -2.93. The van der Waals surface area contributed by atoms with Crippen LogP contribution >= 0.6 is 0 Å². The maximum Gasteiger partial charge on any atom is 0.261 e. The zero-order valence-electron chi connectivity index (χ0n) is 15.0. The number of anilines is 3. The second-order valence-corrected chi connectivity index (χ2v) is 8.05. The lowest BCUT2D eigenvalue weighted by molar-refractivity contribution is 0.601. The van der Waals surface area contributed by atoms with Gasteiger partial charge in [0.15, 0.2) is 0 Å². The van der Waals surface area contributed by atoms with Crippen molar-refractivity contribution in [3.8, 4) is 0 Å². The van der Waals surface area contributed by atoms with Crippen molar-refractivity contribution >= 4 is 27.2 Å². The quantitative estimate of drug-likeness (QED) is 0.634. The van der Waals surface area contributed by atoms with Crippen LogP contribution in [0.5, 0.6) is 0 Å². The maximum atomic E-state index is 13.7. The van der Waals surface area contributed by atoms with Gasteiger partial charge in [-0.15, -0.1) is 0 Å². The molecule has 0 radical (unpaired) electrons. The van der Waals surface area contributed by atoms with Crippen molar-refractivity contribution in [1.82, 2.24) is 4.98 Å². The highest BCUT2D eigenvalue weighted by atomic mass is 32.2. The van der Waals surface area contributed by atoms with E-state index in [4.69, 9.17) is 0 Å². The molecule has 0 aliphatic carbocycles. The third kappa shape index (κ3) is 4.62. The van der Waals surface area contributed by atoms with Gasteiger partial charge < -0.3 is 5.32 Å². The zero-order chi connectivity index (χ0) is 19.4. The lowest BCUT2D eigenvalue weighted by Gasteiger charge is -2.11. The van der Waals surface area contributed by atoms with E-state index < -0.39 is 15.8 Å². The molecule has 0 amide bonds. The molecule has 0 atom stereocenters. The minimum atomic E-state index is -3.70. The van der Waals surface area contributed by atoms with Crippen molar-refractivity contribution in [3.63, 3.8) is 0 Å². The first-order valence-electron chi connectivity index (χ1n) is 8.45. The van der Waals surface area contributed by atoms with Crippen molar-refractivity contribution in [2.75, 3.05) is 10.0 Å². The Morgan fingerprint density at radius 2 is 1.67 bits per heavy atom. The number of rotatable bonds is 6. The summed E-state index contributed by atoms with van der Waals surface area (Å²) < 4.78 is 41.2. The normalized spacial score (nSPS) is 11.4. The Balaban J connectivity index is 1.72. The Morgan fingerprint density at radius 3 is 2.26 bits per heavy atom. The van der Waals surface area contributed by atoms with Gasteiger partial charge in [-0.1, -0.05) is 38.1 Å². The summed E-state index contributed by atoms with van der Waals surface area (Å²) in [4.78, 5) is 4.31. The minimum Gasteiger partial charge on any atom is -0.338 e. The van der Waals surface area contributed by atoms with Crippen LogP contribution in [0.3, 0.4) is 0 Å². The second kappa shape index (κ2) is 7.75. The molecule has 0 aliphatic rings. The summed E-state index contributed by atoms with van der Waals surface area (Å²) >= 11 is 0. The van der Waals surface area contributed by atoms with E-state index in [9.17, 15) is 12.8 Å². The summed E-state index contributed by atoms with van der Waals surface area (Å²) in [5, 5.41) is 2.85. The van der Waals surface area contributed by atoms with E-state index in [-0.39, 0.29) is 4.90 Å². The topological polar surface area (TPSA) is 71.1 Å². The van der Waals surface area contributed by atoms with E-state index in [0.717, 1.165) is 5.56 Å². The van der Waals surface area contributed by atoms with Crippen LogP contribution in [0.1, 0.15) is 25.3 Å². The van der Waals surface area contributed by atoms with E-state index in [0.29, 0.717) is 23.1 Å². The fraction of sp³-hybridized carbons (Fsp3) is 0.150. The molecule has 3 rings (SSSR count). The molecule has 0 spiro atoms. The molecule has 0 aliphatic heterocycles. The monoisotopic (exact) mass is 385 g/mol. The summed E-state index contributed by atoms with van der Waals surface area (Å²) in [5.74, 6) is 0.340. The minimum absolute atomic E-state index is 0.181. The highest BCUT2D eigenvalue weighted by Gasteiger charge is 2.15. The molecule has 0 bridgehead atoms. The fourth-order valence-electron chi connectivity index (χ4n) is 2.47. The van der Waals surface area contributed by atoms with Crippen LogP contribution in [0, 0.1) is 5.82 Å². The van der Waals surface area contributed by atoms with Gasteiger partial charge in [-0.25, -0.2) is 17.8 Å². The molecular formula is C20H20FN3O2S. The Kier molecular flexibility index (Phi) is 5.41. The van der Waals surface area contributed by atoms with Crippen LogP contribution in [-0.2, 0) is 10.0 Å². The molecule has 140 valence electrons. The number of nitrogens with zero attached hydrogens (tertiary/aromatic N) is 1. The summed E-state index contributed by atoms with van der Waals surface area (Å²) in [7, 11) is -3.70. The van der Waals surface area contributed by atoms with Crippen molar-refractivity contribution in [3.05, 3.63) is 78.2 Å². The SMILES string of the molecule is CC(C)c1ccc(S(=O)(=O)Nc2ccc(Nc3ccccc3F)nc2)cc1. The van der Waals surface area contributed by atoms with Gasteiger partial charge in [-0.3, -0.25) is 4.72 Å². The molecule has 27 heavy (non-hydrogen) atoms. The molecule has 3 aromatic rings. The highest BCUT2D eigenvalue weighted by molar-refractivity contribution is 7.92. The Bertz CT molecular complexity index is 1020. The zero-order valence-corrected chi connectivity index (χ0v) is 15.8. The summed E-state index contributed by atoms with van der Waals surface area (Å²) in [5.41, 5.74) is 1.68. The van der Waals surface area contributed by atoms with Gasteiger partial charge in [0, 0.05) is 0 Å². The van der Waals surface area contributed by atoms with Crippen LogP contribution in [0.4, 0.5) is 21.6 Å². The highest BCUT2D eigenvalue weighted by Crippen LogP contribution is 2.22. The lowest BCUT2D eigenvalue weighted by Crippen LogP contribution is -2.13. The van der Waals surface area contributed by atoms with Crippen LogP contribution in [-0.4, -0.2) is 13.4 Å². The number of hydrogen-bond acceptors (Lipinski definition) is 4. The Morgan fingerprint density at radius 1 is 0.963 bits per heavy atom. The van der Waals surface area contributed by atoms with Crippen molar-refractivity contribution in [2.24, 2.45) is 0 Å². The average Bonchev–Trinajstić information content (AvgIpc) is 2.65. The number of sulfonamides is 1. The average molecular weight is 385 g/mol. The van der Waals surface area contributed by atoms with Crippen LogP contribution < -0.4 is 10.0 Å².